The predicted octanol–water partition coefficient (Wildman–Crippen LogP) is 0.953. The molecule has 0 bridgehead atoms. The van der Waals surface area contributed by atoms with E-state index in [-0.39, 0.29) is 29.4 Å². The van der Waals surface area contributed by atoms with E-state index >= 15 is 0 Å². The fourth-order valence-electron chi connectivity index (χ4n) is 1.75. The molecule has 2 aromatic rings. The first-order valence-corrected chi connectivity index (χ1v) is 8.56. The number of hydrogen-bond acceptors (Lipinski definition) is 5. The van der Waals surface area contributed by atoms with Crippen LogP contribution in [0.2, 0.25) is 5.02 Å². The first-order chi connectivity index (χ1) is 10.7. The Morgan fingerprint density at radius 1 is 1.35 bits per heavy atom. The zero-order chi connectivity index (χ0) is 17.2. The second kappa shape index (κ2) is 6.62. The SMILES string of the molecule is CS(=O)(=O)Nc1cc(-n2nnn(CCCF)c2=O)c(F)cc1Cl. The molecule has 0 aliphatic rings. The fraction of sp³-hybridized carbons (Fsp3) is 0.364. The van der Waals surface area contributed by atoms with Crippen molar-refractivity contribution in [2.24, 2.45) is 0 Å². The van der Waals surface area contributed by atoms with Crippen molar-refractivity contribution in [2.75, 3.05) is 17.7 Å². The molecule has 1 aromatic carbocycles. The van der Waals surface area contributed by atoms with Crippen LogP contribution in [0.1, 0.15) is 6.42 Å². The number of tetrazole rings is 1. The monoisotopic (exact) mass is 367 g/mol. The van der Waals surface area contributed by atoms with Crippen LogP contribution in [-0.2, 0) is 16.6 Å². The van der Waals surface area contributed by atoms with Crippen molar-refractivity contribution in [1.82, 2.24) is 19.8 Å². The molecular formula is C11H12ClF2N5O3S. The van der Waals surface area contributed by atoms with Gasteiger partial charge in [0.2, 0.25) is 10.0 Å². The van der Waals surface area contributed by atoms with Gasteiger partial charge in [-0.2, -0.15) is 9.36 Å². The van der Waals surface area contributed by atoms with Crippen molar-refractivity contribution in [3.05, 3.63) is 33.5 Å². The number of aromatic nitrogens is 4. The van der Waals surface area contributed by atoms with E-state index in [2.05, 4.69) is 15.1 Å². The lowest BCUT2D eigenvalue weighted by Crippen LogP contribution is -2.25. The number of anilines is 1. The highest BCUT2D eigenvalue weighted by Crippen LogP contribution is 2.27. The minimum Gasteiger partial charge on any atom is -0.282 e. The average molecular weight is 368 g/mol. The summed E-state index contributed by atoms with van der Waals surface area (Å²) in [5, 5.41) is 6.83. The molecule has 23 heavy (non-hydrogen) atoms. The van der Waals surface area contributed by atoms with Crippen LogP contribution in [0.4, 0.5) is 14.5 Å². The zero-order valence-corrected chi connectivity index (χ0v) is 13.4. The molecule has 1 heterocycles. The maximum atomic E-state index is 14.0. The lowest BCUT2D eigenvalue weighted by molar-refractivity contribution is 0.427. The van der Waals surface area contributed by atoms with Gasteiger partial charge in [-0.3, -0.25) is 9.11 Å². The standard InChI is InChI=1S/C11H12ClF2N5O3S/c1-23(21,22)15-9-6-10(8(14)5-7(9)12)19-11(20)18(16-17-19)4-2-3-13/h5-6,15H,2-4H2,1H3. The number of nitrogens with one attached hydrogen (secondary N) is 1. The van der Waals surface area contributed by atoms with Gasteiger partial charge in [-0.15, -0.1) is 0 Å². The summed E-state index contributed by atoms with van der Waals surface area (Å²) in [6, 6.07) is 1.87. The molecular weight excluding hydrogens is 356 g/mol. The number of halogens is 3. The summed E-state index contributed by atoms with van der Waals surface area (Å²) in [7, 11) is -3.66. The molecule has 8 nitrogen and oxygen atoms in total. The second-order valence-electron chi connectivity index (χ2n) is 4.60. The number of benzene rings is 1. The van der Waals surface area contributed by atoms with Crippen LogP contribution in [0.5, 0.6) is 0 Å². The first kappa shape index (κ1) is 17.3. The van der Waals surface area contributed by atoms with E-state index in [0.29, 0.717) is 4.68 Å². The van der Waals surface area contributed by atoms with Gasteiger partial charge in [0.05, 0.1) is 30.2 Å². The third-order valence-corrected chi connectivity index (χ3v) is 3.61. The van der Waals surface area contributed by atoms with Crippen molar-refractivity contribution >= 4 is 27.3 Å². The van der Waals surface area contributed by atoms with Crippen LogP contribution >= 0.6 is 11.6 Å². The normalized spacial score (nSPS) is 11.7. The van der Waals surface area contributed by atoms with E-state index in [0.717, 1.165) is 23.1 Å². The zero-order valence-electron chi connectivity index (χ0n) is 11.8. The molecule has 0 aliphatic heterocycles. The second-order valence-corrected chi connectivity index (χ2v) is 6.75. The first-order valence-electron chi connectivity index (χ1n) is 6.29. The minimum atomic E-state index is -3.66. The summed E-state index contributed by atoms with van der Waals surface area (Å²) in [4.78, 5) is 12.0. The van der Waals surface area contributed by atoms with Gasteiger partial charge in [0, 0.05) is 0 Å². The highest BCUT2D eigenvalue weighted by Gasteiger charge is 2.17. The Morgan fingerprint density at radius 2 is 2.04 bits per heavy atom. The van der Waals surface area contributed by atoms with Gasteiger partial charge in [-0.1, -0.05) is 11.6 Å². The minimum absolute atomic E-state index is 0.0149. The molecule has 1 N–H and O–H groups in total. The van der Waals surface area contributed by atoms with E-state index in [9.17, 15) is 22.0 Å². The van der Waals surface area contributed by atoms with Gasteiger partial charge in [-0.05, 0) is 29.0 Å². The molecule has 0 unspecified atom stereocenters. The van der Waals surface area contributed by atoms with Crippen LogP contribution in [0, 0.1) is 5.82 Å². The molecule has 0 atom stereocenters. The summed E-state index contributed by atoms with van der Waals surface area (Å²) in [6.45, 7) is -0.657. The van der Waals surface area contributed by atoms with Crippen molar-refractivity contribution in [3.8, 4) is 5.69 Å². The molecule has 0 saturated carbocycles. The maximum Gasteiger partial charge on any atom is 0.368 e. The number of nitrogens with zero attached hydrogens (tertiary/aromatic N) is 4. The maximum absolute atomic E-state index is 14.0. The van der Waals surface area contributed by atoms with Crippen molar-refractivity contribution in [2.45, 2.75) is 13.0 Å². The number of rotatable bonds is 6. The van der Waals surface area contributed by atoms with Gasteiger partial charge in [0.25, 0.3) is 0 Å². The third-order valence-electron chi connectivity index (χ3n) is 2.70. The molecule has 126 valence electrons. The van der Waals surface area contributed by atoms with E-state index in [4.69, 9.17) is 11.6 Å². The van der Waals surface area contributed by atoms with Gasteiger partial charge in [0.15, 0.2) is 5.82 Å². The van der Waals surface area contributed by atoms with Gasteiger partial charge in [-0.25, -0.2) is 17.6 Å². The quantitative estimate of drug-likeness (QED) is 0.819. The van der Waals surface area contributed by atoms with E-state index in [1.165, 1.54) is 0 Å². The largest absolute Gasteiger partial charge is 0.368 e. The topological polar surface area (TPSA) is 98.9 Å². The molecule has 0 amide bonds. The average Bonchev–Trinajstić information content (AvgIpc) is 2.79. The molecule has 12 heteroatoms. The Kier molecular flexibility index (Phi) is 5.00. The number of hydrogen-bond donors (Lipinski definition) is 1. The number of aryl methyl sites for hydroxylation is 1. The van der Waals surface area contributed by atoms with E-state index < -0.39 is 28.2 Å². The summed E-state index contributed by atoms with van der Waals surface area (Å²) >= 11 is 5.77. The summed E-state index contributed by atoms with van der Waals surface area (Å²) < 4.78 is 52.3. The third kappa shape index (κ3) is 4.05. The van der Waals surface area contributed by atoms with E-state index in [1.807, 2.05) is 0 Å². The smallest absolute Gasteiger partial charge is 0.282 e. The summed E-state index contributed by atoms with van der Waals surface area (Å²) in [5.74, 6) is -0.895. The number of alkyl halides is 1. The van der Waals surface area contributed by atoms with Crippen LogP contribution in [0.3, 0.4) is 0 Å². The summed E-state index contributed by atoms with van der Waals surface area (Å²) in [6.07, 6.45) is 0.953. The predicted molar refractivity (Wildman–Crippen MR) is 79.6 cm³/mol. The van der Waals surface area contributed by atoms with Gasteiger partial charge in [0.1, 0.15) is 5.69 Å². The molecule has 0 spiro atoms. The molecule has 0 saturated heterocycles. The van der Waals surface area contributed by atoms with Gasteiger partial charge >= 0.3 is 5.69 Å². The van der Waals surface area contributed by atoms with Crippen molar-refractivity contribution in [3.63, 3.8) is 0 Å². The highest BCUT2D eigenvalue weighted by molar-refractivity contribution is 7.92. The van der Waals surface area contributed by atoms with Crippen molar-refractivity contribution < 1.29 is 17.2 Å². The lowest BCUT2D eigenvalue weighted by atomic mass is 10.2. The fourth-order valence-corrected chi connectivity index (χ4v) is 2.58. The Morgan fingerprint density at radius 3 is 2.65 bits per heavy atom. The molecule has 0 radical (unpaired) electrons. The van der Waals surface area contributed by atoms with Crippen molar-refractivity contribution in [1.29, 1.82) is 0 Å². The summed E-state index contributed by atoms with van der Waals surface area (Å²) in [5.41, 5.74) is -1.24. The number of sulfonamides is 1. The Hall–Kier alpha value is -2.01. The Bertz CT molecular complexity index is 880. The Balaban J connectivity index is 2.49. The van der Waals surface area contributed by atoms with E-state index in [1.54, 1.807) is 0 Å². The lowest BCUT2D eigenvalue weighted by Gasteiger charge is -2.09. The highest BCUT2D eigenvalue weighted by atomic mass is 35.5. The van der Waals surface area contributed by atoms with Crippen LogP contribution < -0.4 is 10.4 Å². The van der Waals surface area contributed by atoms with Crippen LogP contribution in [0.15, 0.2) is 16.9 Å². The molecule has 2 rings (SSSR count). The molecule has 0 aliphatic carbocycles. The molecule has 0 fully saturated rings. The van der Waals surface area contributed by atoms with Crippen LogP contribution in [0.25, 0.3) is 5.69 Å². The Labute approximate surface area is 134 Å². The molecule has 1 aromatic heterocycles. The van der Waals surface area contributed by atoms with Gasteiger partial charge < -0.3 is 0 Å². The van der Waals surface area contributed by atoms with Crippen LogP contribution in [-0.4, -0.2) is 41.1 Å².